The lowest BCUT2D eigenvalue weighted by atomic mass is 10.1. The number of aromatic nitrogens is 4. The van der Waals surface area contributed by atoms with Gasteiger partial charge >= 0.3 is 0 Å². The molecule has 0 aliphatic rings. The first kappa shape index (κ1) is 27.2. The Labute approximate surface area is 233 Å². The van der Waals surface area contributed by atoms with Crippen LogP contribution in [0.1, 0.15) is 30.0 Å². The van der Waals surface area contributed by atoms with Crippen LogP contribution in [0.25, 0.3) is 11.3 Å². The molecule has 0 saturated heterocycles. The molecule has 0 aliphatic heterocycles. The Morgan fingerprint density at radius 3 is 2.59 bits per heavy atom. The molecule has 0 aliphatic carbocycles. The molecule has 11 heteroatoms. The monoisotopic (exact) mass is 573 g/mol. The number of ether oxygens (including phenoxy) is 1. The summed E-state index contributed by atoms with van der Waals surface area (Å²) in [5.74, 6) is 1.31. The predicted molar refractivity (Wildman–Crippen MR) is 152 cm³/mol. The molecule has 4 rings (SSSR count). The molecule has 37 heavy (non-hydrogen) atoms. The second kappa shape index (κ2) is 12.1. The summed E-state index contributed by atoms with van der Waals surface area (Å²) in [7, 11) is 0. The van der Waals surface area contributed by atoms with Gasteiger partial charge in [0.05, 0.1) is 11.4 Å². The van der Waals surface area contributed by atoms with Crippen molar-refractivity contribution in [1.82, 2.24) is 19.7 Å². The zero-order chi connectivity index (χ0) is 26.5. The fourth-order valence-corrected chi connectivity index (χ4v) is 5.33. The number of allylic oxidation sites excluding steroid dienone is 1. The third kappa shape index (κ3) is 6.73. The van der Waals surface area contributed by atoms with Crippen LogP contribution in [0.3, 0.4) is 0 Å². The van der Waals surface area contributed by atoms with E-state index in [1.165, 1.54) is 23.1 Å². The van der Waals surface area contributed by atoms with Crippen LogP contribution >= 0.6 is 46.3 Å². The van der Waals surface area contributed by atoms with Gasteiger partial charge in [-0.2, -0.15) is 0 Å². The minimum atomic E-state index is -0.378. The quantitative estimate of drug-likeness (QED) is 0.157. The van der Waals surface area contributed by atoms with E-state index in [-0.39, 0.29) is 17.8 Å². The van der Waals surface area contributed by atoms with Crippen molar-refractivity contribution in [3.8, 4) is 17.0 Å². The summed E-state index contributed by atoms with van der Waals surface area (Å²) in [5.41, 5.74) is 3.60. The van der Waals surface area contributed by atoms with Crippen molar-refractivity contribution in [3.05, 3.63) is 81.4 Å². The minimum absolute atomic E-state index is 0.149. The van der Waals surface area contributed by atoms with E-state index < -0.39 is 0 Å². The average Bonchev–Trinajstić information content (AvgIpc) is 3.49. The van der Waals surface area contributed by atoms with Gasteiger partial charge < -0.3 is 10.1 Å². The molecule has 1 N–H and O–H groups in total. The summed E-state index contributed by atoms with van der Waals surface area (Å²) >= 11 is 14.9. The molecule has 7 nitrogen and oxygen atoms in total. The smallest absolute Gasteiger partial charge is 0.236 e. The number of aryl methyl sites for hydroxylation is 2. The first-order chi connectivity index (χ1) is 17.7. The lowest BCUT2D eigenvalue weighted by molar-refractivity contribution is -0.113. The van der Waals surface area contributed by atoms with Gasteiger partial charge in [0.15, 0.2) is 22.2 Å². The summed E-state index contributed by atoms with van der Waals surface area (Å²) in [6.45, 7) is 10.1. The first-order valence-corrected chi connectivity index (χ1v) is 14.0. The molecule has 0 fully saturated rings. The van der Waals surface area contributed by atoms with Crippen molar-refractivity contribution in [2.75, 3.05) is 11.1 Å². The van der Waals surface area contributed by atoms with Crippen molar-refractivity contribution >= 4 is 57.3 Å². The van der Waals surface area contributed by atoms with Gasteiger partial charge in [0.1, 0.15) is 5.75 Å². The molecule has 0 bridgehead atoms. The van der Waals surface area contributed by atoms with Crippen LogP contribution in [0.2, 0.25) is 10.0 Å². The van der Waals surface area contributed by atoms with Crippen LogP contribution in [0.4, 0.5) is 5.13 Å². The van der Waals surface area contributed by atoms with Gasteiger partial charge in [-0.15, -0.1) is 28.1 Å². The number of rotatable bonds is 10. The highest BCUT2D eigenvalue weighted by Crippen LogP contribution is 2.30. The third-order valence-corrected chi connectivity index (χ3v) is 7.94. The number of nitrogens with zero attached hydrogens (tertiary/aromatic N) is 4. The number of benzene rings is 2. The number of hydrogen-bond acceptors (Lipinski definition) is 7. The standard InChI is InChI=1S/C26H25Cl2N5O2S2/c1-5-10-33-24(17(4)35-20-11-15(2)23(28)16(3)12-20)31-32-26(33)37-14-22(34)30-25-29-21(13-36-25)18-6-8-19(27)9-7-18/h5-9,11-13,17H,1,10,14H2,2-4H3,(H,29,30,34). The van der Waals surface area contributed by atoms with E-state index in [9.17, 15) is 4.79 Å². The highest BCUT2D eigenvalue weighted by molar-refractivity contribution is 7.99. The van der Waals surface area contributed by atoms with Crippen LogP contribution in [-0.4, -0.2) is 31.4 Å². The number of thiazole rings is 1. The number of anilines is 1. The van der Waals surface area contributed by atoms with Crippen LogP contribution in [0.15, 0.2) is 59.6 Å². The normalized spacial score (nSPS) is 11.8. The van der Waals surface area contributed by atoms with Crippen molar-refractivity contribution in [2.45, 2.75) is 38.6 Å². The molecule has 1 amide bonds. The second-order valence-electron chi connectivity index (χ2n) is 8.25. The summed E-state index contributed by atoms with van der Waals surface area (Å²) in [6.07, 6.45) is 1.38. The largest absolute Gasteiger partial charge is 0.483 e. The number of hydrogen-bond donors (Lipinski definition) is 1. The number of carbonyl (C=O) groups excluding carboxylic acids is 1. The van der Waals surface area contributed by atoms with Crippen molar-refractivity contribution < 1.29 is 9.53 Å². The van der Waals surface area contributed by atoms with Gasteiger partial charge in [0.25, 0.3) is 0 Å². The molecule has 2 aromatic heterocycles. The van der Waals surface area contributed by atoms with Crippen molar-refractivity contribution in [2.24, 2.45) is 0 Å². The van der Waals surface area contributed by atoms with E-state index >= 15 is 0 Å². The Hall–Kier alpha value is -2.85. The molecule has 0 saturated carbocycles. The van der Waals surface area contributed by atoms with Gasteiger partial charge in [0.2, 0.25) is 5.91 Å². The summed E-state index contributed by atoms with van der Waals surface area (Å²) in [4.78, 5) is 17.1. The minimum Gasteiger partial charge on any atom is -0.483 e. The van der Waals surface area contributed by atoms with E-state index in [0.717, 1.165) is 27.4 Å². The number of amides is 1. The van der Waals surface area contributed by atoms with E-state index in [1.807, 2.05) is 67.1 Å². The third-order valence-electron chi connectivity index (χ3n) is 5.37. The fraction of sp³-hybridized carbons (Fsp3) is 0.231. The Bertz CT molecular complexity index is 1400. The highest BCUT2D eigenvalue weighted by Gasteiger charge is 2.20. The van der Waals surface area contributed by atoms with E-state index in [1.54, 1.807) is 6.08 Å². The second-order valence-corrected chi connectivity index (χ2v) is 10.9. The number of carbonyl (C=O) groups is 1. The van der Waals surface area contributed by atoms with Crippen LogP contribution in [0.5, 0.6) is 5.75 Å². The van der Waals surface area contributed by atoms with E-state index in [2.05, 4.69) is 27.1 Å². The number of nitrogens with one attached hydrogen (secondary N) is 1. The molecule has 1 unspecified atom stereocenters. The molecule has 1 atom stereocenters. The topological polar surface area (TPSA) is 81.9 Å². The Morgan fingerprint density at radius 1 is 1.22 bits per heavy atom. The van der Waals surface area contributed by atoms with Crippen molar-refractivity contribution in [1.29, 1.82) is 0 Å². The highest BCUT2D eigenvalue weighted by atomic mass is 35.5. The van der Waals surface area contributed by atoms with Gasteiger partial charge in [-0.05, 0) is 56.2 Å². The summed E-state index contributed by atoms with van der Waals surface area (Å²) < 4.78 is 8.04. The molecule has 2 aromatic carbocycles. The van der Waals surface area contributed by atoms with E-state index in [0.29, 0.717) is 33.4 Å². The molecular formula is C26H25Cl2N5O2S2. The van der Waals surface area contributed by atoms with Gasteiger partial charge in [-0.25, -0.2) is 4.98 Å². The Balaban J connectivity index is 1.40. The molecule has 0 radical (unpaired) electrons. The zero-order valence-corrected chi connectivity index (χ0v) is 23.6. The molecule has 0 spiro atoms. The van der Waals surface area contributed by atoms with E-state index in [4.69, 9.17) is 27.9 Å². The molecular weight excluding hydrogens is 549 g/mol. The lowest BCUT2D eigenvalue weighted by Crippen LogP contribution is -2.15. The molecule has 192 valence electrons. The summed E-state index contributed by atoms with van der Waals surface area (Å²) in [6, 6.07) is 11.2. The van der Waals surface area contributed by atoms with Crippen LogP contribution < -0.4 is 10.1 Å². The van der Waals surface area contributed by atoms with Crippen LogP contribution in [-0.2, 0) is 11.3 Å². The van der Waals surface area contributed by atoms with Crippen molar-refractivity contribution in [3.63, 3.8) is 0 Å². The Kier molecular flexibility index (Phi) is 8.91. The van der Waals surface area contributed by atoms with Gasteiger partial charge in [0, 0.05) is 27.5 Å². The maximum atomic E-state index is 12.6. The molecule has 4 aromatic rings. The van der Waals surface area contributed by atoms with Crippen LogP contribution in [0, 0.1) is 13.8 Å². The predicted octanol–water partition coefficient (Wildman–Crippen LogP) is 7.38. The fourth-order valence-electron chi connectivity index (χ4n) is 3.61. The van der Waals surface area contributed by atoms with Gasteiger partial charge in [-0.1, -0.05) is 53.2 Å². The lowest BCUT2D eigenvalue weighted by Gasteiger charge is -2.17. The SMILES string of the molecule is C=CCn1c(SCC(=O)Nc2nc(-c3ccc(Cl)cc3)cs2)nnc1C(C)Oc1cc(C)c(Cl)c(C)c1. The Morgan fingerprint density at radius 2 is 1.92 bits per heavy atom. The first-order valence-electron chi connectivity index (χ1n) is 11.4. The number of halogens is 2. The summed E-state index contributed by atoms with van der Waals surface area (Å²) in [5, 5.41) is 15.9. The van der Waals surface area contributed by atoms with Gasteiger partial charge in [-0.3, -0.25) is 9.36 Å². The maximum absolute atomic E-state index is 12.6. The average molecular weight is 575 g/mol. The zero-order valence-electron chi connectivity index (χ0n) is 20.5. The molecule has 2 heterocycles. The number of thioether (sulfide) groups is 1. The maximum Gasteiger partial charge on any atom is 0.236 e.